The lowest BCUT2D eigenvalue weighted by Gasteiger charge is -2.20. The highest BCUT2D eigenvalue weighted by atomic mass is 35.5. The number of nitrogens with zero attached hydrogens (tertiary/aromatic N) is 1. The molecule has 1 aromatic rings. The van der Waals surface area contributed by atoms with Gasteiger partial charge in [0.15, 0.2) is 0 Å². The molecule has 0 bridgehead atoms. The maximum absolute atomic E-state index is 12.3. The van der Waals surface area contributed by atoms with E-state index in [0.717, 1.165) is 17.9 Å². The summed E-state index contributed by atoms with van der Waals surface area (Å²) in [7, 11) is 0. The van der Waals surface area contributed by atoms with E-state index in [0.29, 0.717) is 16.6 Å². The Hall–Kier alpha value is -0.420. The van der Waals surface area contributed by atoms with Crippen LogP contribution >= 0.6 is 35.0 Å². The van der Waals surface area contributed by atoms with Crippen LogP contribution < -0.4 is 5.73 Å². The molecule has 1 amide bonds. The molecule has 1 unspecified atom stereocenters. The van der Waals surface area contributed by atoms with E-state index >= 15 is 0 Å². The van der Waals surface area contributed by atoms with Crippen molar-refractivity contribution in [2.24, 2.45) is 5.73 Å². The van der Waals surface area contributed by atoms with Crippen molar-refractivity contribution in [3.8, 4) is 0 Å². The Morgan fingerprint density at radius 1 is 1.53 bits per heavy atom. The van der Waals surface area contributed by atoms with Crippen LogP contribution in [0, 0.1) is 0 Å². The average Bonchev–Trinajstić information content (AvgIpc) is 2.79. The number of nitrogens with two attached hydrogens (primary N) is 1. The molecule has 2 rings (SSSR count). The maximum atomic E-state index is 12.3. The molecule has 1 aliphatic rings. The number of amides is 1. The van der Waals surface area contributed by atoms with Crippen molar-refractivity contribution in [1.29, 1.82) is 0 Å². The third-order valence-corrected chi connectivity index (χ3v) is 4.90. The molecule has 0 aromatic heterocycles. The van der Waals surface area contributed by atoms with Gasteiger partial charge >= 0.3 is 0 Å². The number of carbonyl (C=O) groups excluding carboxylic acids is 1. The molecule has 2 atom stereocenters. The Labute approximate surface area is 127 Å². The van der Waals surface area contributed by atoms with Crippen LogP contribution in [-0.4, -0.2) is 35.2 Å². The van der Waals surface area contributed by atoms with E-state index in [1.54, 1.807) is 18.2 Å². The van der Waals surface area contributed by atoms with Crippen molar-refractivity contribution < 1.29 is 4.79 Å². The van der Waals surface area contributed by atoms with Crippen molar-refractivity contribution in [1.82, 2.24) is 4.90 Å². The topological polar surface area (TPSA) is 46.3 Å². The van der Waals surface area contributed by atoms with E-state index in [1.165, 1.54) is 11.8 Å². The fraction of sp³-hybridized carbons (Fsp3) is 0.462. The van der Waals surface area contributed by atoms with Gasteiger partial charge in [0, 0.05) is 29.0 Å². The molecule has 0 saturated carbocycles. The normalized spacial score (nSPS) is 20.6. The number of carbonyl (C=O) groups is 1. The zero-order valence-corrected chi connectivity index (χ0v) is 12.9. The van der Waals surface area contributed by atoms with Gasteiger partial charge in [-0.15, -0.1) is 11.8 Å². The highest BCUT2D eigenvalue weighted by molar-refractivity contribution is 8.00. The van der Waals surface area contributed by atoms with Crippen LogP contribution in [-0.2, 0) is 4.79 Å². The van der Waals surface area contributed by atoms with Crippen LogP contribution in [0.3, 0.4) is 0 Å². The van der Waals surface area contributed by atoms with E-state index in [4.69, 9.17) is 28.9 Å². The SMILES string of the molecule is CC(Sc1cc(Cl)ccc1Cl)C(=O)N1CC[C@@H](N)C1. The van der Waals surface area contributed by atoms with Gasteiger partial charge in [-0.1, -0.05) is 23.2 Å². The van der Waals surface area contributed by atoms with Gasteiger partial charge in [-0.05, 0) is 31.5 Å². The van der Waals surface area contributed by atoms with E-state index in [9.17, 15) is 4.79 Å². The molecule has 1 aliphatic heterocycles. The first kappa shape index (κ1) is 15.0. The lowest BCUT2D eigenvalue weighted by atomic mass is 10.3. The Balaban J connectivity index is 2.02. The first-order valence-electron chi connectivity index (χ1n) is 6.13. The fourth-order valence-electron chi connectivity index (χ4n) is 2.05. The number of benzene rings is 1. The van der Waals surface area contributed by atoms with Crippen LogP contribution in [0.25, 0.3) is 0 Å². The molecular weight excluding hydrogens is 303 g/mol. The Kier molecular flexibility index (Phi) is 5.01. The molecule has 1 aromatic carbocycles. The zero-order valence-electron chi connectivity index (χ0n) is 10.6. The quantitative estimate of drug-likeness (QED) is 0.871. The minimum absolute atomic E-state index is 0.106. The molecule has 0 spiro atoms. The van der Waals surface area contributed by atoms with Gasteiger partial charge in [0.25, 0.3) is 0 Å². The molecule has 1 heterocycles. The summed E-state index contributed by atoms with van der Waals surface area (Å²) in [6.07, 6.45) is 0.876. The average molecular weight is 319 g/mol. The summed E-state index contributed by atoms with van der Waals surface area (Å²) in [5.41, 5.74) is 5.82. The predicted molar refractivity (Wildman–Crippen MR) is 81.0 cm³/mol. The highest BCUT2D eigenvalue weighted by Gasteiger charge is 2.27. The maximum Gasteiger partial charge on any atom is 0.235 e. The second-order valence-electron chi connectivity index (χ2n) is 4.67. The van der Waals surface area contributed by atoms with E-state index in [1.807, 2.05) is 11.8 Å². The second-order valence-corrected chi connectivity index (χ2v) is 6.89. The summed E-state index contributed by atoms with van der Waals surface area (Å²) >= 11 is 13.5. The molecule has 0 aliphatic carbocycles. The number of hydrogen-bond acceptors (Lipinski definition) is 3. The van der Waals surface area contributed by atoms with Crippen molar-refractivity contribution >= 4 is 40.9 Å². The van der Waals surface area contributed by atoms with Crippen LogP contribution in [0.15, 0.2) is 23.1 Å². The lowest BCUT2D eigenvalue weighted by Crippen LogP contribution is -2.36. The van der Waals surface area contributed by atoms with Gasteiger partial charge in [0.2, 0.25) is 5.91 Å². The Bertz CT molecular complexity index is 484. The summed E-state index contributed by atoms with van der Waals surface area (Å²) < 4.78 is 0. The Morgan fingerprint density at radius 3 is 2.89 bits per heavy atom. The second kappa shape index (κ2) is 6.35. The number of likely N-dealkylation sites (tertiary alicyclic amines) is 1. The summed E-state index contributed by atoms with van der Waals surface area (Å²) in [6, 6.07) is 5.37. The number of thioether (sulfide) groups is 1. The number of halogens is 2. The van der Waals surface area contributed by atoms with E-state index in [-0.39, 0.29) is 17.2 Å². The third-order valence-electron chi connectivity index (χ3n) is 3.08. The summed E-state index contributed by atoms with van der Waals surface area (Å²) in [6.45, 7) is 3.27. The molecular formula is C13H16Cl2N2OS. The predicted octanol–water partition coefficient (Wildman–Crippen LogP) is 3.03. The molecule has 104 valence electrons. The van der Waals surface area contributed by atoms with Gasteiger partial charge in [0.1, 0.15) is 0 Å². The fourth-order valence-corrected chi connectivity index (χ4v) is 3.55. The molecule has 19 heavy (non-hydrogen) atoms. The zero-order chi connectivity index (χ0) is 14.0. The van der Waals surface area contributed by atoms with Crippen LogP contribution in [0.2, 0.25) is 10.0 Å². The summed E-state index contributed by atoms with van der Waals surface area (Å²) in [4.78, 5) is 14.9. The van der Waals surface area contributed by atoms with Crippen molar-refractivity contribution in [3.05, 3.63) is 28.2 Å². The third kappa shape index (κ3) is 3.78. The Morgan fingerprint density at radius 2 is 2.26 bits per heavy atom. The van der Waals surface area contributed by atoms with E-state index < -0.39 is 0 Å². The van der Waals surface area contributed by atoms with Gasteiger partial charge in [-0.3, -0.25) is 4.79 Å². The van der Waals surface area contributed by atoms with Gasteiger partial charge in [-0.25, -0.2) is 0 Å². The number of rotatable bonds is 3. The molecule has 3 nitrogen and oxygen atoms in total. The standard InChI is InChI=1S/C13H16Cl2N2OS/c1-8(13(18)17-5-4-10(16)7-17)19-12-6-9(14)2-3-11(12)15/h2-3,6,8,10H,4-5,7,16H2,1H3/t8?,10-/m1/s1. The monoisotopic (exact) mass is 318 g/mol. The van der Waals surface area contributed by atoms with Gasteiger partial charge in [0.05, 0.1) is 10.3 Å². The first-order valence-corrected chi connectivity index (χ1v) is 7.77. The molecule has 0 radical (unpaired) electrons. The van der Waals surface area contributed by atoms with Gasteiger partial charge in [-0.2, -0.15) is 0 Å². The van der Waals surface area contributed by atoms with Crippen molar-refractivity contribution in [2.75, 3.05) is 13.1 Å². The number of hydrogen-bond donors (Lipinski definition) is 1. The van der Waals surface area contributed by atoms with Crippen LogP contribution in [0.5, 0.6) is 0 Å². The highest BCUT2D eigenvalue weighted by Crippen LogP contribution is 2.33. The van der Waals surface area contributed by atoms with Crippen molar-refractivity contribution in [2.45, 2.75) is 29.5 Å². The summed E-state index contributed by atoms with van der Waals surface area (Å²) in [5.74, 6) is 0.106. The molecule has 6 heteroatoms. The first-order chi connectivity index (χ1) is 8.97. The summed E-state index contributed by atoms with van der Waals surface area (Å²) in [5, 5.41) is 1.04. The van der Waals surface area contributed by atoms with E-state index in [2.05, 4.69) is 0 Å². The minimum Gasteiger partial charge on any atom is -0.340 e. The molecule has 1 fully saturated rings. The minimum atomic E-state index is -0.193. The lowest BCUT2D eigenvalue weighted by molar-refractivity contribution is -0.129. The van der Waals surface area contributed by atoms with Gasteiger partial charge < -0.3 is 10.6 Å². The smallest absolute Gasteiger partial charge is 0.235 e. The molecule has 1 saturated heterocycles. The molecule has 2 N–H and O–H groups in total. The van der Waals surface area contributed by atoms with Crippen molar-refractivity contribution in [3.63, 3.8) is 0 Å². The van der Waals surface area contributed by atoms with Crippen LogP contribution in [0.1, 0.15) is 13.3 Å². The van der Waals surface area contributed by atoms with Crippen LogP contribution in [0.4, 0.5) is 0 Å². The largest absolute Gasteiger partial charge is 0.340 e.